The minimum atomic E-state index is -0.205. The third-order valence-electron chi connectivity index (χ3n) is 2.78. The minimum absolute atomic E-state index is 0.0903. The zero-order valence-electron chi connectivity index (χ0n) is 6.98. The molecule has 0 atom stereocenters. The van der Waals surface area contributed by atoms with E-state index in [4.69, 9.17) is 11.5 Å². The Hall–Kier alpha value is -0.0800. The van der Waals surface area contributed by atoms with Crippen LogP contribution in [0.2, 0.25) is 0 Å². The Kier molecular flexibility index (Phi) is 1.77. The second-order valence-electron chi connectivity index (χ2n) is 4.08. The van der Waals surface area contributed by atoms with Crippen LogP contribution in [0.4, 0.5) is 0 Å². The van der Waals surface area contributed by atoms with Crippen LogP contribution in [0.15, 0.2) is 0 Å². The monoisotopic (exact) mass is 142 g/mol. The van der Waals surface area contributed by atoms with Crippen molar-refractivity contribution in [1.82, 2.24) is 0 Å². The summed E-state index contributed by atoms with van der Waals surface area (Å²) in [5.74, 6) is 0. The third kappa shape index (κ3) is 1.18. The van der Waals surface area contributed by atoms with Crippen LogP contribution in [-0.4, -0.2) is 11.1 Å². The third-order valence-corrected chi connectivity index (χ3v) is 2.78. The van der Waals surface area contributed by atoms with Crippen LogP contribution in [0, 0.1) is 0 Å². The van der Waals surface area contributed by atoms with Crippen molar-refractivity contribution < 1.29 is 0 Å². The van der Waals surface area contributed by atoms with Crippen molar-refractivity contribution in [1.29, 1.82) is 0 Å². The number of nitrogens with two attached hydrogens (primary N) is 2. The largest absolute Gasteiger partial charge is 0.324 e. The Balaban J connectivity index is 2.67. The maximum absolute atomic E-state index is 6.11. The molecule has 0 aromatic heterocycles. The van der Waals surface area contributed by atoms with Gasteiger partial charge < -0.3 is 11.5 Å². The number of hydrogen-bond acceptors (Lipinski definition) is 2. The van der Waals surface area contributed by atoms with Gasteiger partial charge in [0.25, 0.3) is 0 Å². The summed E-state index contributed by atoms with van der Waals surface area (Å²) in [6, 6.07) is 0. The molecule has 0 unspecified atom stereocenters. The molecule has 1 aliphatic carbocycles. The summed E-state index contributed by atoms with van der Waals surface area (Å²) < 4.78 is 0. The molecule has 60 valence electrons. The van der Waals surface area contributed by atoms with Crippen molar-refractivity contribution in [3.8, 4) is 0 Å². The lowest BCUT2D eigenvalue weighted by Gasteiger charge is -2.38. The van der Waals surface area contributed by atoms with E-state index < -0.39 is 0 Å². The Bertz CT molecular complexity index is 118. The Morgan fingerprint density at radius 3 is 1.80 bits per heavy atom. The van der Waals surface area contributed by atoms with Gasteiger partial charge in [0.1, 0.15) is 0 Å². The van der Waals surface area contributed by atoms with E-state index in [1.54, 1.807) is 0 Å². The minimum Gasteiger partial charge on any atom is -0.324 e. The molecule has 10 heavy (non-hydrogen) atoms. The van der Waals surface area contributed by atoms with E-state index in [2.05, 4.69) is 0 Å². The van der Waals surface area contributed by atoms with Gasteiger partial charge in [-0.3, -0.25) is 0 Å². The topological polar surface area (TPSA) is 52.0 Å². The first-order valence-corrected chi connectivity index (χ1v) is 4.03. The maximum Gasteiger partial charge on any atom is 0.0331 e. The molecular weight excluding hydrogens is 124 g/mol. The lowest BCUT2D eigenvalue weighted by molar-refractivity contribution is 0.265. The highest BCUT2D eigenvalue weighted by molar-refractivity contribution is 5.04. The van der Waals surface area contributed by atoms with Crippen LogP contribution in [-0.2, 0) is 0 Å². The summed E-state index contributed by atoms with van der Waals surface area (Å²) in [6.45, 7) is 4.05. The molecule has 1 saturated carbocycles. The first-order valence-electron chi connectivity index (χ1n) is 4.03. The lowest BCUT2D eigenvalue weighted by Crippen LogP contribution is -2.60. The number of hydrogen-bond donors (Lipinski definition) is 2. The molecule has 0 aliphatic heterocycles. The van der Waals surface area contributed by atoms with Crippen LogP contribution < -0.4 is 11.5 Å². The molecule has 1 rings (SSSR count). The molecule has 0 heterocycles. The summed E-state index contributed by atoms with van der Waals surface area (Å²) in [5, 5.41) is 0. The van der Waals surface area contributed by atoms with E-state index in [1.165, 1.54) is 12.8 Å². The van der Waals surface area contributed by atoms with E-state index in [0.717, 1.165) is 12.8 Å². The van der Waals surface area contributed by atoms with Gasteiger partial charge >= 0.3 is 0 Å². The molecule has 0 bridgehead atoms. The second-order valence-corrected chi connectivity index (χ2v) is 4.08. The fourth-order valence-corrected chi connectivity index (χ4v) is 1.65. The first-order chi connectivity index (χ1) is 4.46. The van der Waals surface area contributed by atoms with Gasteiger partial charge in [0.15, 0.2) is 0 Å². The standard InChI is InChI=1S/C8H18N2/c1-7(2,9)8(10)5-3-4-6-8/h3-6,9-10H2,1-2H3. The van der Waals surface area contributed by atoms with Crippen molar-refractivity contribution in [3.63, 3.8) is 0 Å². The van der Waals surface area contributed by atoms with E-state index in [1.807, 2.05) is 13.8 Å². The fourth-order valence-electron chi connectivity index (χ4n) is 1.65. The second kappa shape index (κ2) is 2.21. The molecule has 0 spiro atoms. The number of rotatable bonds is 1. The van der Waals surface area contributed by atoms with Gasteiger partial charge in [-0.25, -0.2) is 0 Å². The molecule has 1 aliphatic rings. The van der Waals surface area contributed by atoms with Crippen molar-refractivity contribution in [3.05, 3.63) is 0 Å². The Morgan fingerprint density at radius 1 is 1.20 bits per heavy atom. The van der Waals surface area contributed by atoms with Gasteiger partial charge in [-0.1, -0.05) is 12.8 Å². The highest BCUT2D eigenvalue weighted by Crippen LogP contribution is 2.34. The van der Waals surface area contributed by atoms with Crippen LogP contribution in [0.3, 0.4) is 0 Å². The average Bonchev–Trinajstić information content (AvgIpc) is 2.13. The lowest BCUT2D eigenvalue weighted by atomic mass is 9.80. The molecule has 0 aromatic rings. The molecular formula is C8H18N2. The molecule has 2 heteroatoms. The summed E-state index contributed by atoms with van der Waals surface area (Å²) in [5.41, 5.74) is 11.8. The van der Waals surface area contributed by atoms with Crippen LogP contribution in [0.5, 0.6) is 0 Å². The predicted octanol–water partition coefficient (Wildman–Crippen LogP) is 0.995. The summed E-state index contributed by atoms with van der Waals surface area (Å²) in [6.07, 6.45) is 4.68. The summed E-state index contributed by atoms with van der Waals surface area (Å²) in [7, 11) is 0. The molecule has 4 N–H and O–H groups in total. The SMILES string of the molecule is CC(C)(N)C1(N)CCCC1. The molecule has 2 nitrogen and oxygen atoms in total. The van der Waals surface area contributed by atoms with E-state index in [-0.39, 0.29) is 11.1 Å². The first kappa shape index (κ1) is 8.02. The van der Waals surface area contributed by atoms with E-state index in [9.17, 15) is 0 Å². The van der Waals surface area contributed by atoms with Gasteiger partial charge in [-0.15, -0.1) is 0 Å². The van der Waals surface area contributed by atoms with Gasteiger partial charge in [0, 0.05) is 11.1 Å². The van der Waals surface area contributed by atoms with Gasteiger partial charge in [-0.05, 0) is 26.7 Å². The average molecular weight is 142 g/mol. The van der Waals surface area contributed by atoms with Crippen molar-refractivity contribution in [2.75, 3.05) is 0 Å². The Labute approximate surface area is 63.0 Å². The van der Waals surface area contributed by atoms with Crippen molar-refractivity contribution >= 4 is 0 Å². The highest BCUT2D eigenvalue weighted by Gasteiger charge is 2.40. The summed E-state index contributed by atoms with van der Waals surface area (Å²) >= 11 is 0. The van der Waals surface area contributed by atoms with E-state index in [0.29, 0.717) is 0 Å². The zero-order valence-corrected chi connectivity index (χ0v) is 6.98. The highest BCUT2D eigenvalue weighted by atomic mass is 14.9. The van der Waals surface area contributed by atoms with Crippen LogP contribution in [0.25, 0.3) is 0 Å². The van der Waals surface area contributed by atoms with Gasteiger partial charge in [0.2, 0.25) is 0 Å². The van der Waals surface area contributed by atoms with Gasteiger partial charge in [-0.2, -0.15) is 0 Å². The van der Waals surface area contributed by atoms with Crippen molar-refractivity contribution in [2.45, 2.75) is 50.6 Å². The summed E-state index contributed by atoms with van der Waals surface area (Å²) in [4.78, 5) is 0. The smallest absolute Gasteiger partial charge is 0.0331 e. The molecule has 0 amide bonds. The maximum atomic E-state index is 6.11. The Morgan fingerprint density at radius 2 is 1.60 bits per heavy atom. The van der Waals surface area contributed by atoms with E-state index >= 15 is 0 Å². The quantitative estimate of drug-likeness (QED) is 0.573. The molecule has 0 aromatic carbocycles. The molecule has 0 radical (unpaired) electrons. The molecule has 0 saturated heterocycles. The van der Waals surface area contributed by atoms with Gasteiger partial charge in [0.05, 0.1) is 0 Å². The van der Waals surface area contributed by atoms with Crippen LogP contribution in [0.1, 0.15) is 39.5 Å². The predicted molar refractivity (Wildman–Crippen MR) is 43.7 cm³/mol. The van der Waals surface area contributed by atoms with Crippen molar-refractivity contribution in [2.24, 2.45) is 11.5 Å². The molecule has 1 fully saturated rings. The fraction of sp³-hybridized carbons (Fsp3) is 1.00. The normalized spacial score (nSPS) is 25.2. The zero-order chi connectivity index (χ0) is 7.83. The van der Waals surface area contributed by atoms with Crippen LogP contribution >= 0.6 is 0 Å².